The molecule has 1 fully saturated rings. The van der Waals surface area contributed by atoms with Gasteiger partial charge >= 0.3 is 0 Å². The van der Waals surface area contributed by atoms with Crippen molar-refractivity contribution in [3.8, 4) is 5.75 Å². The van der Waals surface area contributed by atoms with Gasteiger partial charge in [-0.15, -0.1) is 0 Å². The van der Waals surface area contributed by atoms with Gasteiger partial charge in [0.2, 0.25) is 0 Å². The molecule has 1 saturated heterocycles. The number of hydrogen-bond donors (Lipinski definition) is 2. The Morgan fingerprint density at radius 3 is 2.31 bits per heavy atom. The summed E-state index contributed by atoms with van der Waals surface area (Å²) in [5.41, 5.74) is 2.60. The summed E-state index contributed by atoms with van der Waals surface area (Å²) < 4.78 is 10.6. The fourth-order valence-corrected chi connectivity index (χ4v) is 4.38. The predicted molar refractivity (Wildman–Crippen MR) is 137 cm³/mol. The lowest BCUT2D eigenvalue weighted by atomic mass is 10.1. The van der Waals surface area contributed by atoms with Gasteiger partial charge in [-0.2, -0.15) is 0 Å². The lowest BCUT2D eigenvalue weighted by Gasteiger charge is -2.29. The Morgan fingerprint density at radius 1 is 0.944 bits per heavy atom. The number of carbonyl (C=O) groups is 3. The standard InChI is InChI=1S/C27H26N4O5/c1-35-21-12-10-20(11-13-21)31-24(26(33)29-23-5-3-2-4-22(23)27(31)34)25(32)28-18-6-8-19(9-7-18)30-14-16-36-17-15-30/h2-13,24H,14-17H2,1H3,(H,28,32)(H,29,33). The van der Waals surface area contributed by atoms with Crippen molar-refractivity contribution in [3.63, 3.8) is 0 Å². The molecular weight excluding hydrogens is 460 g/mol. The second-order valence-corrected chi connectivity index (χ2v) is 8.45. The fourth-order valence-electron chi connectivity index (χ4n) is 4.38. The van der Waals surface area contributed by atoms with E-state index in [1.54, 1.807) is 60.7 Å². The molecule has 2 N–H and O–H groups in total. The number of morpholine rings is 1. The van der Waals surface area contributed by atoms with Crippen LogP contribution >= 0.6 is 0 Å². The molecule has 0 saturated carbocycles. The van der Waals surface area contributed by atoms with Gasteiger partial charge in [-0.05, 0) is 60.7 Å². The Hall–Kier alpha value is -4.37. The second kappa shape index (κ2) is 10.1. The Morgan fingerprint density at radius 2 is 1.61 bits per heavy atom. The Balaban J connectivity index is 1.45. The number of anilines is 4. The molecule has 3 amide bonds. The molecule has 2 aliphatic heterocycles. The number of nitrogens with one attached hydrogen (secondary N) is 2. The van der Waals surface area contributed by atoms with Crippen LogP contribution in [0, 0.1) is 0 Å². The summed E-state index contributed by atoms with van der Waals surface area (Å²) in [6, 6.07) is 19.3. The SMILES string of the molecule is COc1ccc(N2C(=O)c3ccccc3NC(=O)C2C(=O)Nc2ccc(N3CCOCC3)cc2)cc1. The highest BCUT2D eigenvalue weighted by Crippen LogP contribution is 2.30. The van der Waals surface area contributed by atoms with Crippen LogP contribution in [0.4, 0.5) is 22.7 Å². The van der Waals surface area contributed by atoms with Crippen molar-refractivity contribution in [1.29, 1.82) is 0 Å². The van der Waals surface area contributed by atoms with Gasteiger partial charge in [0, 0.05) is 30.2 Å². The van der Waals surface area contributed by atoms with Crippen molar-refractivity contribution < 1.29 is 23.9 Å². The number of rotatable bonds is 5. The molecule has 2 heterocycles. The first-order valence-electron chi connectivity index (χ1n) is 11.7. The van der Waals surface area contributed by atoms with Crippen LogP contribution in [0.25, 0.3) is 0 Å². The summed E-state index contributed by atoms with van der Waals surface area (Å²) in [5, 5.41) is 5.55. The summed E-state index contributed by atoms with van der Waals surface area (Å²) in [5.74, 6) is -1.10. The first kappa shape index (κ1) is 23.4. The van der Waals surface area contributed by atoms with Crippen LogP contribution in [0.1, 0.15) is 10.4 Å². The molecule has 9 nitrogen and oxygen atoms in total. The highest BCUT2D eigenvalue weighted by molar-refractivity contribution is 6.26. The number of hydrogen-bond acceptors (Lipinski definition) is 6. The third kappa shape index (κ3) is 4.60. The molecule has 0 radical (unpaired) electrons. The Kier molecular flexibility index (Phi) is 6.55. The average molecular weight is 487 g/mol. The Labute approximate surface area is 208 Å². The second-order valence-electron chi connectivity index (χ2n) is 8.45. The van der Waals surface area contributed by atoms with Crippen LogP contribution in [-0.2, 0) is 14.3 Å². The molecule has 3 aromatic rings. The summed E-state index contributed by atoms with van der Waals surface area (Å²) in [7, 11) is 1.54. The largest absolute Gasteiger partial charge is 0.497 e. The van der Waals surface area contributed by atoms with Crippen molar-refractivity contribution >= 4 is 40.5 Å². The van der Waals surface area contributed by atoms with Gasteiger partial charge in [-0.3, -0.25) is 19.3 Å². The van der Waals surface area contributed by atoms with Crippen molar-refractivity contribution in [2.75, 3.05) is 53.8 Å². The smallest absolute Gasteiger partial charge is 0.261 e. The third-order valence-corrected chi connectivity index (χ3v) is 6.25. The van der Waals surface area contributed by atoms with Gasteiger partial charge in [0.25, 0.3) is 17.7 Å². The lowest BCUT2D eigenvalue weighted by molar-refractivity contribution is -0.125. The molecule has 5 rings (SSSR count). The van der Waals surface area contributed by atoms with E-state index in [1.807, 2.05) is 12.1 Å². The molecule has 3 aromatic carbocycles. The highest BCUT2D eigenvalue weighted by Gasteiger charge is 2.41. The lowest BCUT2D eigenvalue weighted by Crippen LogP contribution is -2.52. The molecule has 1 unspecified atom stereocenters. The fraction of sp³-hybridized carbons (Fsp3) is 0.222. The molecule has 1 atom stereocenters. The molecule has 2 aliphatic rings. The van der Waals surface area contributed by atoms with E-state index in [2.05, 4.69) is 15.5 Å². The van der Waals surface area contributed by atoms with E-state index >= 15 is 0 Å². The van der Waals surface area contributed by atoms with Gasteiger partial charge in [0.15, 0.2) is 6.04 Å². The monoisotopic (exact) mass is 486 g/mol. The highest BCUT2D eigenvalue weighted by atomic mass is 16.5. The molecule has 184 valence electrons. The van der Waals surface area contributed by atoms with Gasteiger partial charge in [-0.1, -0.05) is 12.1 Å². The maximum atomic E-state index is 13.6. The number of fused-ring (bicyclic) bond motifs is 1. The van der Waals surface area contributed by atoms with E-state index in [-0.39, 0.29) is 0 Å². The number of benzene rings is 3. The molecular formula is C27H26N4O5. The van der Waals surface area contributed by atoms with Crippen molar-refractivity contribution in [2.45, 2.75) is 6.04 Å². The molecule has 0 aromatic heterocycles. The third-order valence-electron chi connectivity index (χ3n) is 6.25. The van der Waals surface area contributed by atoms with E-state index in [0.29, 0.717) is 41.6 Å². The topological polar surface area (TPSA) is 100 Å². The van der Waals surface area contributed by atoms with Gasteiger partial charge in [0.05, 0.1) is 31.6 Å². The van der Waals surface area contributed by atoms with Crippen molar-refractivity contribution in [2.24, 2.45) is 0 Å². The molecule has 9 heteroatoms. The van der Waals surface area contributed by atoms with E-state index < -0.39 is 23.8 Å². The normalized spacial score (nSPS) is 17.6. The molecule has 0 aliphatic carbocycles. The van der Waals surface area contributed by atoms with E-state index in [4.69, 9.17) is 9.47 Å². The van der Waals surface area contributed by atoms with Gasteiger partial charge in [-0.25, -0.2) is 0 Å². The summed E-state index contributed by atoms with van der Waals surface area (Å²) in [6.45, 7) is 2.95. The summed E-state index contributed by atoms with van der Waals surface area (Å²) >= 11 is 0. The molecule has 0 bridgehead atoms. The van der Waals surface area contributed by atoms with Crippen LogP contribution in [0.5, 0.6) is 5.75 Å². The van der Waals surface area contributed by atoms with E-state index in [0.717, 1.165) is 18.8 Å². The van der Waals surface area contributed by atoms with Crippen LogP contribution in [0.2, 0.25) is 0 Å². The first-order valence-corrected chi connectivity index (χ1v) is 11.7. The van der Waals surface area contributed by atoms with Crippen molar-refractivity contribution in [1.82, 2.24) is 0 Å². The minimum Gasteiger partial charge on any atom is -0.497 e. The number of methoxy groups -OCH3 is 1. The number of carbonyl (C=O) groups excluding carboxylic acids is 3. The predicted octanol–water partition coefficient (Wildman–Crippen LogP) is 3.14. The van der Waals surface area contributed by atoms with Crippen LogP contribution in [0.3, 0.4) is 0 Å². The molecule has 36 heavy (non-hydrogen) atoms. The van der Waals surface area contributed by atoms with Gasteiger partial charge < -0.3 is 25.0 Å². The van der Waals surface area contributed by atoms with E-state index in [9.17, 15) is 14.4 Å². The number of nitrogens with zero attached hydrogens (tertiary/aromatic N) is 2. The molecule has 0 spiro atoms. The minimum absolute atomic E-state index is 0.298. The zero-order valence-electron chi connectivity index (χ0n) is 19.8. The quantitative estimate of drug-likeness (QED) is 0.538. The van der Waals surface area contributed by atoms with E-state index in [1.165, 1.54) is 12.0 Å². The Bertz CT molecular complexity index is 1270. The number of para-hydroxylation sites is 1. The average Bonchev–Trinajstić information content (AvgIpc) is 3.03. The van der Waals surface area contributed by atoms with Crippen LogP contribution in [0.15, 0.2) is 72.8 Å². The van der Waals surface area contributed by atoms with Crippen LogP contribution in [-0.4, -0.2) is 57.2 Å². The first-order chi connectivity index (χ1) is 17.5. The van der Waals surface area contributed by atoms with Crippen LogP contribution < -0.4 is 25.2 Å². The minimum atomic E-state index is -1.43. The zero-order valence-corrected chi connectivity index (χ0v) is 19.8. The van der Waals surface area contributed by atoms with Crippen molar-refractivity contribution in [3.05, 3.63) is 78.4 Å². The maximum absolute atomic E-state index is 13.6. The number of amides is 3. The van der Waals surface area contributed by atoms with Gasteiger partial charge in [0.1, 0.15) is 5.75 Å². The maximum Gasteiger partial charge on any atom is 0.261 e. The number of ether oxygens (including phenoxy) is 2. The summed E-state index contributed by atoms with van der Waals surface area (Å²) in [4.78, 5) is 43.9. The zero-order chi connectivity index (χ0) is 25.1. The summed E-state index contributed by atoms with van der Waals surface area (Å²) in [6.07, 6.45) is 0.